The average molecular weight is 660 g/mol. The molecule has 4 aromatic rings. The highest BCUT2D eigenvalue weighted by Crippen LogP contribution is 2.39. The molecule has 3 fully saturated rings. The van der Waals surface area contributed by atoms with E-state index in [9.17, 15) is 14.9 Å². The van der Waals surface area contributed by atoms with Crippen LogP contribution in [0.15, 0.2) is 67.3 Å². The van der Waals surface area contributed by atoms with Gasteiger partial charge in [0.05, 0.1) is 17.8 Å². The lowest BCUT2D eigenvalue weighted by atomic mass is 9.77. The molecule has 2 saturated heterocycles. The third-order valence-corrected chi connectivity index (χ3v) is 10.2. The molecule has 5 heterocycles. The molecule has 0 radical (unpaired) electrons. The summed E-state index contributed by atoms with van der Waals surface area (Å²) in [5, 5.41) is 23.7. The highest BCUT2D eigenvalue weighted by molar-refractivity contribution is 5.91. The number of nitriles is 1. The van der Waals surface area contributed by atoms with Gasteiger partial charge in [-0.3, -0.25) is 14.4 Å². The molecular weight excluding hydrogens is 618 g/mol. The Morgan fingerprint density at radius 2 is 1.82 bits per heavy atom. The molecule has 13 heteroatoms. The Morgan fingerprint density at radius 1 is 1.02 bits per heavy atom. The summed E-state index contributed by atoms with van der Waals surface area (Å²) in [6.07, 6.45) is 12.6. The first kappa shape index (κ1) is 32.1. The zero-order chi connectivity index (χ0) is 33.8. The molecule has 13 nitrogen and oxygen atoms in total. The number of aryl methyl sites for hydroxylation is 1. The van der Waals surface area contributed by atoms with E-state index in [1.54, 1.807) is 28.2 Å². The van der Waals surface area contributed by atoms with Crippen LogP contribution < -0.4 is 25.8 Å². The van der Waals surface area contributed by atoms with Crippen molar-refractivity contribution in [2.75, 3.05) is 34.8 Å². The lowest BCUT2D eigenvalue weighted by molar-refractivity contribution is -0.128. The van der Waals surface area contributed by atoms with Crippen molar-refractivity contribution in [1.82, 2.24) is 35.4 Å². The summed E-state index contributed by atoms with van der Waals surface area (Å²) >= 11 is 0. The van der Waals surface area contributed by atoms with Crippen molar-refractivity contribution in [3.05, 3.63) is 78.4 Å². The van der Waals surface area contributed by atoms with Crippen LogP contribution in [0.1, 0.15) is 56.1 Å². The molecule has 0 bridgehead atoms. The number of nitrogens with one attached hydrogen (secondary N) is 3. The fraction of sp³-hybridized carbons (Fsp3) is 0.417. The van der Waals surface area contributed by atoms with Crippen LogP contribution >= 0.6 is 0 Å². The molecule has 1 aliphatic carbocycles. The smallest absolute Gasteiger partial charge is 0.323 e. The number of anilines is 3. The van der Waals surface area contributed by atoms with Crippen LogP contribution in [-0.4, -0.2) is 68.4 Å². The summed E-state index contributed by atoms with van der Waals surface area (Å²) in [7, 11) is 1.88. The quantitative estimate of drug-likeness (QED) is 0.250. The third-order valence-electron chi connectivity index (χ3n) is 10.2. The first-order chi connectivity index (χ1) is 23.9. The van der Waals surface area contributed by atoms with Crippen molar-refractivity contribution in [2.45, 2.75) is 63.6 Å². The van der Waals surface area contributed by atoms with Crippen LogP contribution in [0.4, 0.5) is 22.4 Å². The van der Waals surface area contributed by atoms with E-state index in [1.807, 2.05) is 55.7 Å². The zero-order valence-electron chi connectivity index (χ0n) is 27.7. The second-order valence-corrected chi connectivity index (χ2v) is 13.3. The molecule has 1 spiro atoms. The highest BCUT2D eigenvalue weighted by Gasteiger charge is 2.44. The normalized spacial score (nSPS) is 20.0. The predicted molar refractivity (Wildman–Crippen MR) is 186 cm³/mol. The van der Waals surface area contributed by atoms with E-state index in [1.165, 1.54) is 0 Å². The van der Waals surface area contributed by atoms with Gasteiger partial charge in [-0.2, -0.15) is 15.3 Å². The van der Waals surface area contributed by atoms with E-state index in [4.69, 9.17) is 9.97 Å². The van der Waals surface area contributed by atoms with Crippen molar-refractivity contribution in [2.24, 2.45) is 12.5 Å². The maximum absolute atomic E-state index is 13.8. The van der Waals surface area contributed by atoms with E-state index in [0.29, 0.717) is 42.8 Å². The van der Waals surface area contributed by atoms with Gasteiger partial charge < -0.3 is 20.9 Å². The van der Waals surface area contributed by atoms with Crippen LogP contribution in [0.3, 0.4) is 0 Å². The first-order valence-corrected chi connectivity index (χ1v) is 17.0. The topological polar surface area (TPSA) is 157 Å². The van der Waals surface area contributed by atoms with Gasteiger partial charge in [-0.1, -0.05) is 30.3 Å². The molecule has 7 rings (SSSR count). The molecule has 3 aliphatic rings. The maximum atomic E-state index is 13.8. The zero-order valence-corrected chi connectivity index (χ0v) is 27.7. The highest BCUT2D eigenvalue weighted by atomic mass is 16.2. The van der Waals surface area contributed by atoms with Gasteiger partial charge in [0.15, 0.2) is 5.82 Å². The minimum absolute atomic E-state index is 0.0449. The largest absolute Gasteiger partial charge is 0.356 e. The minimum atomic E-state index is -0.292. The lowest BCUT2D eigenvalue weighted by Crippen LogP contribution is -2.49. The van der Waals surface area contributed by atoms with Crippen molar-refractivity contribution in [3.8, 4) is 17.2 Å². The summed E-state index contributed by atoms with van der Waals surface area (Å²) in [6.45, 7) is 2.49. The summed E-state index contributed by atoms with van der Waals surface area (Å²) in [6, 6.07) is 15.9. The van der Waals surface area contributed by atoms with Gasteiger partial charge in [0.25, 0.3) is 0 Å². The van der Waals surface area contributed by atoms with E-state index < -0.39 is 0 Å². The number of aromatic nitrogens is 5. The monoisotopic (exact) mass is 659 g/mol. The first-order valence-electron chi connectivity index (χ1n) is 17.0. The minimum Gasteiger partial charge on any atom is -0.356 e. The maximum Gasteiger partial charge on any atom is 0.323 e. The van der Waals surface area contributed by atoms with Crippen LogP contribution in [0.25, 0.3) is 11.1 Å². The summed E-state index contributed by atoms with van der Waals surface area (Å²) < 4.78 is 1.75. The van der Waals surface area contributed by atoms with Gasteiger partial charge >= 0.3 is 6.03 Å². The van der Waals surface area contributed by atoms with E-state index in [0.717, 1.165) is 68.2 Å². The molecule has 3 N–H and O–H groups in total. The number of carbonyl (C=O) groups excluding carboxylic acids is 2. The van der Waals surface area contributed by atoms with Gasteiger partial charge in [0.2, 0.25) is 11.9 Å². The van der Waals surface area contributed by atoms with Gasteiger partial charge in [-0.05, 0) is 62.6 Å². The van der Waals surface area contributed by atoms with Crippen molar-refractivity contribution >= 4 is 29.5 Å². The van der Waals surface area contributed by atoms with Crippen molar-refractivity contribution in [3.63, 3.8) is 0 Å². The number of urea groups is 1. The summed E-state index contributed by atoms with van der Waals surface area (Å²) in [4.78, 5) is 44.2. The number of benzene rings is 1. The third kappa shape index (κ3) is 6.90. The van der Waals surface area contributed by atoms with E-state index in [-0.39, 0.29) is 29.4 Å². The van der Waals surface area contributed by atoms with Gasteiger partial charge in [0.1, 0.15) is 17.5 Å². The molecule has 1 aromatic carbocycles. The van der Waals surface area contributed by atoms with Crippen LogP contribution in [0.2, 0.25) is 0 Å². The lowest BCUT2D eigenvalue weighted by Gasteiger charge is -2.38. The second kappa shape index (κ2) is 13.9. The Balaban J connectivity index is 1.02. The molecule has 252 valence electrons. The number of rotatable bonds is 8. The Bertz CT molecular complexity index is 1820. The van der Waals surface area contributed by atoms with Crippen LogP contribution in [-0.2, 0) is 18.4 Å². The molecular formula is C36H41N11O2. The Labute approximate surface area is 285 Å². The number of hydrogen-bond donors (Lipinski definition) is 3. The standard InChI is InChI=1S/C36H41N11O2/c1-45-24-28(23-42-45)26-7-12-31(39-21-26)47(35(49)41-20-25-5-3-2-4-6-25)30-10-8-29(9-11-30)43-34-40-22-27(19-37)32(44-34)46-17-14-36(15-18-46)13-16-38-33(36)48/h2-7,12,21-24,29-30H,8-11,13-18,20H2,1H3,(H,38,48)(H,41,49)(H,40,43,44)/t29-,30-. The van der Waals surface area contributed by atoms with Crippen molar-refractivity contribution < 1.29 is 9.59 Å². The summed E-state index contributed by atoms with van der Waals surface area (Å²) in [5.74, 6) is 1.86. The van der Waals surface area contributed by atoms with Crippen molar-refractivity contribution in [1.29, 1.82) is 5.26 Å². The Kier molecular flexibility index (Phi) is 9.11. The van der Waals surface area contributed by atoms with Crippen LogP contribution in [0.5, 0.6) is 0 Å². The molecule has 3 aromatic heterocycles. The number of amides is 3. The summed E-state index contributed by atoms with van der Waals surface area (Å²) in [5.41, 5.74) is 3.06. The van der Waals surface area contributed by atoms with Gasteiger partial charge in [-0.15, -0.1) is 0 Å². The average Bonchev–Trinajstić information content (AvgIpc) is 3.73. The Hall–Kier alpha value is -5.51. The van der Waals surface area contributed by atoms with Gasteiger partial charge in [0, 0.05) is 68.8 Å². The number of carbonyl (C=O) groups is 2. The fourth-order valence-electron chi connectivity index (χ4n) is 7.35. The number of hydrogen-bond acceptors (Lipinski definition) is 9. The predicted octanol–water partition coefficient (Wildman–Crippen LogP) is 4.39. The molecule has 0 unspecified atom stereocenters. The molecule has 1 saturated carbocycles. The Morgan fingerprint density at radius 3 is 2.47 bits per heavy atom. The van der Waals surface area contributed by atoms with Crippen LogP contribution in [0, 0.1) is 16.7 Å². The number of pyridine rings is 1. The molecule has 0 atom stereocenters. The van der Waals surface area contributed by atoms with E-state index in [2.05, 4.69) is 37.0 Å². The number of piperidine rings is 1. The van der Waals surface area contributed by atoms with Gasteiger partial charge in [-0.25, -0.2) is 14.8 Å². The molecule has 2 aliphatic heterocycles. The second-order valence-electron chi connectivity index (χ2n) is 13.3. The van der Waals surface area contributed by atoms with E-state index >= 15 is 0 Å². The SMILES string of the molecule is Cn1cc(-c2ccc(N(C(=O)NCc3ccccc3)[C@H]3CC[C@H](Nc4ncc(C#N)c(N5CCC6(CCNC6=O)CC5)n4)CC3)nc2)cn1. The molecule has 49 heavy (non-hydrogen) atoms. The number of nitrogens with zero attached hydrogens (tertiary/aromatic N) is 8. The molecule has 3 amide bonds. The fourth-order valence-corrected chi connectivity index (χ4v) is 7.35.